The van der Waals surface area contributed by atoms with Crippen LogP contribution < -0.4 is 4.90 Å². The molecular formula is C13H10ClF3N2O2. The summed E-state index contributed by atoms with van der Waals surface area (Å²) in [5, 5.41) is 18.3. The first-order chi connectivity index (χ1) is 9.71. The fourth-order valence-electron chi connectivity index (χ4n) is 2.42. The standard InChI is InChI=1S/C13H10ClF3N2O2/c14-9-1-2-10(8(5-9)6-18)19-4-3-12(7-19,11(20)21)13(15,16)17/h1-2,5H,3-4,7H2,(H,20,21). The van der Waals surface area contributed by atoms with Crippen molar-refractivity contribution in [1.82, 2.24) is 0 Å². The Morgan fingerprint density at radius 2 is 2.14 bits per heavy atom. The maximum atomic E-state index is 13.1. The molecule has 2 rings (SSSR count). The van der Waals surface area contributed by atoms with Crippen LogP contribution in [0.3, 0.4) is 0 Å². The Morgan fingerprint density at radius 3 is 2.62 bits per heavy atom. The predicted octanol–water partition coefficient (Wildman–Crippen LogP) is 3.06. The van der Waals surface area contributed by atoms with Crippen molar-refractivity contribution in [3.63, 3.8) is 0 Å². The van der Waals surface area contributed by atoms with Crippen molar-refractivity contribution in [1.29, 1.82) is 5.26 Å². The predicted molar refractivity (Wildman–Crippen MR) is 69.1 cm³/mol. The minimum absolute atomic E-state index is 0.0951. The van der Waals surface area contributed by atoms with Crippen LogP contribution in [0.1, 0.15) is 12.0 Å². The van der Waals surface area contributed by atoms with Gasteiger partial charge < -0.3 is 10.0 Å². The summed E-state index contributed by atoms with van der Waals surface area (Å²) < 4.78 is 39.3. The Kier molecular flexibility index (Phi) is 3.76. The molecule has 1 aliphatic heterocycles. The highest BCUT2D eigenvalue weighted by atomic mass is 35.5. The summed E-state index contributed by atoms with van der Waals surface area (Å²) in [7, 11) is 0. The van der Waals surface area contributed by atoms with Crippen LogP contribution in [0.25, 0.3) is 0 Å². The van der Waals surface area contributed by atoms with Crippen molar-refractivity contribution in [2.75, 3.05) is 18.0 Å². The van der Waals surface area contributed by atoms with Crippen LogP contribution in [-0.2, 0) is 4.79 Å². The molecule has 1 heterocycles. The zero-order chi connectivity index (χ0) is 15.8. The average molecular weight is 319 g/mol. The molecule has 0 saturated carbocycles. The number of carboxylic acids is 1. The average Bonchev–Trinajstić information content (AvgIpc) is 2.84. The third-order valence-electron chi connectivity index (χ3n) is 3.64. The van der Waals surface area contributed by atoms with Crippen molar-refractivity contribution in [3.05, 3.63) is 28.8 Å². The molecule has 0 aromatic heterocycles. The maximum Gasteiger partial charge on any atom is 0.406 e. The highest BCUT2D eigenvalue weighted by molar-refractivity contribution is 6.30. The molecule has 0 amide bonds. The van der Waals surface area contributed by atoms with Crippen LogP contribution in [0.15, 0.2) is 18.2 Å². The Balaban J connectivity index is 2.39. The van der Waals surface area contributed by atoms with E-state index in [4.69, 9.17) is 22.0 Å². The van der Waals surface area contributed by atoms with Gasteiger partial charge in [-0.25, -0.2) is 0 Å². The van der Waals surface area contributed by atoms with E-state index < -0.39 is 30.5 Å². The largest absolute Gasteiger partial charge is 0.481 e. The van der Waals surface area contributed by atoms with Gasteiger partial charge in [0.2, 0.25) is 0 Å². The highest BCUT2D eigenvalue weighted by Gasteiger charge is 2.63. The molecule has 1 unspecified atom stereocenters. The first-order valence-corrected chi connectivity index (χ1v) is 6.34. The Labute approximate surface area is 123 Å². The summed E-state index contributed by atoms with van der Waals surface area (Å²) in [4.78, 5) is 12.4. The van der Waals surface area contributed by atoms with Crippen molar-refractivity contribution in [2.24, 2.45) is 5.41 Å². The van der Waals surface area contributed by atoms with E-state index >= 15 is 0 Å². The maximum absolute atomic E-state index is 13.1. The number of halogens is 4. The third kappa shape index (κ3) is 2.51. The van der Waals surface area contributed by atoms with Gasteiger partial charge >= 0.3 is 12.1 Å². The Bertz CT molecular complexity index is 627. The fourth-order valence-corrected chi connectivity index (χ4v) is 2.59. The summed E-state index contributed by atoms with van der Waals surface area (Å²) in [5.74, 6) is -1.90. The summed E-state index contributed by atoms with van der Waals surface area (Å²) in [6, 6.07) is 6.07. The molecule has 1 fully saturated rings. The lowest BCUT2D eigenvalue weighted by Gasteiger charge is -2.28. The molecule has 1 aliphatic rings. The molecule has 8 heteroatoms. The molecule has 1 atom stereocenters. The summed E-state index contributed by atoms with van der Waals surface area (Å²) >= 11 is 5.74. The molecule has 21 heavy (non-hydrogen) atoms. The number of hydrogen-bond acceptors (Lipinski definition) is 3. The number of alkyl halides is 3. The molecule has 1 N–H and O–H groups in total. The fraction of sp³-hybridized carbons (Fsp3) is 0.385. The monoisotopic (exact) mass is 318 g/mol. The lowest BCUT2D eigenvalue weighted by molar-refractivity contribution is -0.225. The molecule has 112 valence electrons. The zero-order valence-electron chi connectivity index (χ0n) is 10.6. The molecule has 1 saturated heterocycles. The number of rotatable bonds is 2. The molecular weight excluding hydrogens is 309 g/mol. The van der Waals surface area contributed by atoms with Gasteiger partial charge in [0.1, 0.15) is 6.07 Å². The Morgan fingerprint density at radius 1 is 1.48 bits per heavy atom. The van der Waals surface area contributed by atoms with Gasteiger partial charge in [-0.3, -0.25) is 4.79 Å². The lowest BCUT2D eigenvalue weighted by Crippen LogP contribution is -2.47. The summed E-state index contributed by atoms with van der Waals surface area (Å²) in [6.45, 7) is -0.815. The minimum Gasteiger partial charge on any atom is -0.481 e. The first-order valence-electron chi connectivity index (χ1n) is 5.96. The first kappa shape index (κ1) is 15.4. The molecule has 1 aromatic rings. The summed E-state index contributed by atoms with van der Waals surface area (Å²) in [5.41, 5.74) is -2.43. The van der Waals surface area contributed by atoms with Gasteiger partial charge in [-0.15, -0.1) is 0 Å². The topological polar surface area (TPSA) is 64.3 Å². The second-order valence-corrected chi connectivity index (χ2v) is 5.27. The van der Waals surface area contributed by atoms with Gasteiger partial charge in [0, 0.05) is 18.1 Å². The minimum atomic E-state index is -4.85. The third-order valence-corrected chi connectivity index (χ3v) is 3.88. The van der Waals surface area contributed by atoms with E-state index in [2.05, 4.69) is 0 Å². The van der Waals surface area contributed by atoms with Crippen LogP contribution in [0.4, 0.5) is 18.9 Å². The van der Waals surface area contributed by atoms with Gasteiger partial charge in [0.25, 0.3) is 0 Å². The number of nitrogens with zero attached hydrogens (tertiary/aromatic N) is 2. The van der Waals surface area contributed by atoms with Crippen molar-refractivity contribution in [3.8, 4) is 6.07 Å². The van der Waals surface area contributed by atoms with Gasteiger partial charge in [0.15, 0.2) is 5.41 Å². The number of hydrogen-bond donors (Lipinski definition) is 1. The van der Waals surface area contributed by atoms with E-state index in [-0.39, 0.29) is 22.8 Å². The van der Waals surface area contributed by atoms with E-state index in [0.717, 1.165) is 0 Å². The number of nitriles is 1. The molecule has 0 aliphatic carbocycles. The Hall–Kier alpha value is -1.94. The second kappa shape index (κ2) is 5.11. The van der Waals surface area contributed by atoms with E-state index in [1.54, 1.807) is 0 Å². The van der Waals surface area contributed by atoms with Crippen LogP contribution in [-0.4, -0.2) is 30.3 Å². The van der Waals surface area contributed by atoms with E-state index in [1.807, 2.05) is 6.07 Å². The van der Waals surface area contributed by atoms with Crippen LogP contribution >= 0.6 is 11.6 Å². The lowest BCUT2D eigenvalue weighted by atomic mass is 9.86. The molecule has 1 aromatic carbocycles. The number of aliphatic carboxylic acids is 1. The highest BCUT2D eigenvalue weighted by Crippen LogP contribution is 2.47. The number of carboxylic acid groups (broad SMARTS) is 1. The van der Waals surface area contributed by atoms with Crippen molar-refractivity contribution in [2.45, 2.75) is 12.6 Å². The van der Waals surface area contributed by atoms with Crippen LogP contribution in [0, 0.1) is 16.7 Å². The van der Waals surface area contributed by atoms with Crippen LogP contribution in [0.2, 0.25) is 5.02 Å². The van der Waals surface area contributed by atoms with Crippen molar-refractivity contribution < 1.29 is 23.1 Å². The smallest absolute Gasteiger partial charge is 0.406 e. The van der Waals surface area contributed by atoms with E-state index in [1.165, 1.54) is 23.1 Å². The number of carbonyl (C=O) groups is 1. The number of benzene rings is 1. The van der Waals surface area contributed by atoms with E-state index in [0.29, 0.717) is 0 Å². The van der Waals surface area contributed by atoms with Crippen molar-refractivity contribution >= 4 is 23.3 Å². The normalized spacial score (nSPS) is 22.1. The summed E-state index contributed by atoms with van der Waals surface area (Å²) in [6.07, 6.45) is -5.41. The number of anilines is 1. The van der Waals surface area contributed by atoms with Gasteiger partial charge in [-0.05, 0) is 24.6 Å². The quantitative estimate of drug-likeness (QED) is 0.910. The molecule has 0 spiro atoms. The van der Waals surface area contributed by atoms with Gasteiger partial charge in [0.05, 0.1) is 11.3 Å². The SMILES string of the molecule is N#Cc1cc(Cl)ccc1N1CCC(C(=O)O)(C(F)(F)F)C1. The molecule has 4 nitrogen and oxygen atoms in total. The zero-order valence-corrected chi connectivity index (χ0v) is 11.4. The van der Waals surface area contributed by atoms with Crippen LogP contribution in [0.5, 0.6) is 0 Å². The van der Waals surface area contributed by atoms with Gasteiger partial charge in [-0.1, -0.05) is 11.6 Å². The second-order valence-electron chi connectivity index (χ2n) is 4.83. The molecule has 0 bridgehead atoms. The van der Waals surface area contributed by atoms with Gasteiger partial charge in [-0.2, -0.15) is 18.4 Å². The molecule has 0 radical (unpaired) electrons. The van der Waals surface area contributed by atoms with E-state index in [9.17, 15) is 18.0 Å².